The van der Waals surface area contributed by atoms with Gasteiger partial charge in [0.25, 0.3) is 5.91 Å². The first-order valence-electron chi connectivity index (χ1n) is 8.75. The molecule has 0 fully saturated rings. The Bertz CT molecular complexity index is 908. The van der Waals surface area contributed by atoms with E-state index in [4.69, 9.17) is 0 Å². The second-order valence-electron chi connectivity index (χ2n) is 6.48. The minimum Gasteiger partial charge on any atom is -0.346 e. The molecule has 0 atom stereocenters. The maximum Gasteiger partial charge on any atom is 0.272 e. The number of nitrogens with one attached hydrogen (secondary N) is 2. The van der Waals surface area contributed by atoms with Gasteiger partial charge < -0.3 is 10.6 Å². The summed E-state index contributed by atoms with van der Waals surface area (Å²) in [5.74, 6) is 0.254. The first-order valence-corrected chi connectivity index (χ1v) is 8.75. The number of nitrogens with zero attached hydrogens (tertiary/aromatic N) is 2. The molecule has 0 saturated carbocycles. The predicted octanol–water partition coefficient (Wildman–Crippen LogP) is 4.41. The van der Waals surface area contributed by atoms with E-state index in [0.717, 1.165) is 5.69 Å². The van der Waals surface area contributed by atoms with Gasteiger partial charge in [0.15, 0.2) is 11.5 Å². The summed E-state index contributed by atoms with van der Waals surface area (Å²) < 4.78 is 13.6. The van der Waals surface area contributed by atoms with Crippen molar-refractivity contribution in [3.63, 3.8) is 0 Å². The Hall–Kier alpha value is -3.28. The molecule has 0 aliphatic heterocycles. The molecule has 0 unspecified atom stereocenters. The fraction of sp³-hybridized carbons (Fsp3) is 0.190. The van der Waals surface area contributed by atoms with E-state index in [1.165, 1.54) is 11.6 Å². The van der Waals surface area contributed by atoms with E-state index in [1.54, 1.807) is 30.3 Å². The van der Waals surface area contributed by atoms with E-state index in [1.807, 2.05) is 12.1 Å². The normalized spacial score (nSPS) is 10.7. The van der Waals surface area contributed by atoms with Crippen molar-refractivity contribution in [1.29, 1.82) is 0 Å². The van der Waals surface area contributed by atoms with E-state index < -0.39 is 5.91 Å². The fourth-order valence-electron chi connectivity index (χ4n) is 2.53. The molecule has 2 aromatic carbocycles. The summed E-state index contributed by atoms with van der Waals surface area (Å²) in [6.07, 6.45) is 0. The van der Waals surface area contributed by atoms with Crippen molar-refractivity contribution < 1.29 is 9.18 Å². The molecule has 0 saturated heterocycles. The maximum absolute atomic E-state index is 13.6. The topological polar surface area (TPSA) is 66.9 Å². The van der Waals surface area contributed by atoms with Gasteiger partial charge in [0.05, 0.1) is 0 Å². The van der Waals surface area contributed by atoms with E-state index >= 15 is 0 Å². The minimum atomic E-state index is -0.404. The van der Waals surface area contributed by atoms with E-state index in [0.29, 0.717) is 17.3 Å². The highest BCUT2D eigenvalue weighted by atomic mass is 19.1. The van der Waals surface area contributed by atoms with Crippen molar-refractivity contribution in [2.75, 3.05) is 5.32 Å². The molecule has 0 bridgehead atoms. The molecule has 6 heteroatoms. The van der Waals surface area contributed by atoms with Crippen LogP contribution < -0.4 is 10.6 Å². The number of hydrogen-bond acceptors (Lipinski definition) is 4. The van der Waals surface area contributed by atoms with E-state index in [9.17, 15) is 9.18 Å². The Balaban J connectivity index is 1.59. The molecule has 3 rings (SSSR count). The van der Waals surface area contributed by atoms with Gasteiger partial charge in [-0.1, -0.05) is 44.2 Å². The Labute approximate surface area is 157 Å². The Morgan fingerprint density at radius 3 is 2.37 bits per heavy atom. The Kier molecular flexibility index (Phi) is 5.76. The summed E-state index contributed by atoms with van der Waals surface area (Å²) in [5, 5.41) is 13.8. The third kappa shape index (κ3) is 4.88. The highest BCUT2D eigenvalue weighted by Gasteiger charge is 2.09. The van der Waals surface area contributed by atoms with Crippen LogP contribution in [0.4, 0.5) is 15.9 Å². The second kappa shape index (κ2) is 8.40. The number of hydrogen-bond donors (Lipinski definition) is 2. The number of anilines is 2. The summed E-state index contributed by atoms with van der Waals surface area (Å²) in [4.78, 5) is 12.1. The molecule has 5 nitrogen and oxygen atoms in total. The lowest BCUT2D eigenvalue weighted by Crippen LogP contribution is -2.24. The maximum atomic E-state index is 13.6. The number of rotatable bonds is 6. The average molecular weight is 364 g/mol. The number of carbonyl (C=O) groups excluding carboxylic acids is 1. The lowest BCUT2D eigenvalue weighted by molar-refractivity contribution is 0.0944. The Morgan fingerprint density at radius 2 is 1.74 bits per heavy atom. The summed E-state index contributed by atoms with van der Waals surface area (Å²) in [7, 11) is 0. The van der Waals surface area contributed by atoms with E-state index in [2.05, 4.69) is 46.8 Å². The van der Waals surface area contributed by atoms with Crippen LogP contribution in [0.25, 0.3) is 0 Å². The number of amides is 1. The molecule has 27 heavy (non-hydrogen) atoms. The molecule has 1 aromatic heterocycles. The average Bonchev–Trinajstić information content (AvgIpc) is 2.68. The molecule has 1 heterocycles. The first-order chi connectivity index (χ1) is 13.0. The molecule has 3 aromatic rings. The smallest absolute Gasteiger partial charge is 0.272 e. The van der Waals surface area contributed by atoms with Gasteiger partial charge in [0.2, 0.25) is 0 Å². The summed E-state index contributed by atoms with van der Waals surface area (Å²) >= 11 is 0. The zero-order valence-electron chi connectivity index (χ0n) is 15.2. The standard InChI is InChI=1S/C21H21FN4O/c1-14(2)15-7-9-17(10-8-15)24-20-12-11-19(25-26-20)21(27)23-13-16-5-3-4-6-18(16)22/h3-12,14H,13H2,1-2H3,(H,23,27)(H,24,26). The summed E-state index contributed by atoms with van der Waals surface area (Å²) in [6.45, 7) is 4.38. The molecule has 0 aliphatic carbocycles. The SMILES string of the molecule is CC(C)c1ccc(Nc2ccc(C(=O)NCc3ccccc3F)nn2)cc1. The molecule has 1 amide bonds. The lowest BCUT2D eigenvalue weighted by Gasteiger charge is -2.09. The van der Waals surface area contributed by atoms with Crippen molar-refractivity contribution in [2.24, 2.45) is 0 Å². The molecule has 0 radical (unpaired) electrons. The molecule has 0 aliphatic rings. The number of carbonyl (C=O) groups is 1. The Morgan fingerprint density at radius 1 is 1.00 bits per heavy atom. The van der Waals surface area contributed by atoms with Crippen molar-refractivity contribution >= 4 is 17.4 Å². The summed E-state index contributed by atoms with van der Waals surface area (Å²) in [6, 6.07) is 17.6. The van der Waals surface area contributed by atoms with E-state index in [-0.39, 0.29) is 18.1 Å². The number of aromatic nitrogens is 2. The van der Waals surface area contributed by atoms with Crippen molar-refractivity contribution in [3.8, 4) is 0 Å². The molecule has 138 valence electrons. The van der Waals surface area contributed by atoms with Crippen LogP contribution in [0.2, 0.25) is 0 Å². The highest BCUT2D eigenvalue weighted by molar-refractivity contribution is 5.92. The van der Waals surface area contributed by atoms with Gasteiger partial charge in [0.1, 0.15) is 5.82 Å². The largest absolute Gasteiger partial charge is 0.346 e. The zero-order chi connectivity index (χ0) is 19.2. The van der Waals surface area contributed by atoms with Gasteiger partial charge in [-0.25, -0.2) is 4.39 Å². The van der Waals surface area contributed by atoms with Gasteiger partial charge in [-0.15, -0.1) is 10.2 Å². The second-order valence-corrected chi connectivity index (χ2v) is 6.48. The van der Waals surface area contributed by atoms with Gasteiger partial charge in [-0.05, 0) is 41.8 Å². The minimum absolute atomic E-state index is 0.0926. The van der Waals surface area contributed by atoms with Crippen LogP contribution in [-0.4, -0.2) is 16.1 Å². The van der Waals surface area contributed by atoms with Gasteiger partial charge in [-0.3, -0.25) is 4.79 Å². The lowest BCUT2D eigenvalue weighted by atomic mass is 10.0. The predicted molar refractivity (Wildman–Crippen MR) is 103 cm³/mol. The first kappa shape index (κ1) is 18.5. The van der Waals surface area contributed by atoms with Gasteiger partial charge in [-0.2, -0.15) is 0 Å². The number of benzene rings is 2. The van der Waals surface area contributed by atoms with Gasteiger partial charge in [0, 0.05) is 17.8 Å². The van der Waals surface area contributed by atoms with Crippen LogP contribution in [-0.2, 0) is 6.54 Å². The van der Waals surface area contributed by atoms with Crippen molar-refractivity contribution in [3.05, 3.63) is 83.3 Å². The van der Waals surface area contributed by atoms with Crippen LogP contribution in [0.3, 0.4) is 0 Å². The molecule has 0 spiro atoms. The van der Waals surface area contributed by atoms with Crippen molar-refractivity contribution in [1.82, 2.24) is 15.5 Å². The quantitative estimate of drug-likeness (QED) is 0.680. The summed E-state index contributed by atoms with van der Waals surface area (Å²) in [5.41, 5.74) is 2.74. The van der Waals surface area contributed by atoms with Crippen LogP contribution in [0.1, 0.15) is 41.4 Å². The molecular formula is C21H21FN4O. The highest BCUT2D eigenvalue weighted by Crippen LogP contribution is 2.19. The van der Waals surface area contributed by atoms with Gasteiger partial charge >= 0.3 is 0 Å². The molecular weight excluding hydrogens is 343 g/mol. The van der Waals surface area contributed by atoms with Crippen LogP contribution >= 0.6 is 0 Å². The van der Waals surface area contributed by atoms with Crippen LogP contribution in [0.15, 0.2) is 60.7 Å². The third-order valence-corrected chi connectivity index (χ3v) is 4.14. The van der Waals surface area contributed by atoms with Crippen molar-refractivity contribution in [2.45, 2.75) is 26.3 Å². The monoisotopic (exact) mass is 364 g/mol. The number of halogens is 1. The molecule has 2 N–H and O–H groups in total. The fourth-order valence-corrected chi connectivity index (χ4v) is 2.53. The van der Waals surface area contributed by atoms with Crippen LogP contribution in [0.5, 0.6) is 0 Å². The van der Waals surface area contributed by atoms with Crippen LogP contribution in [0, 0.1) is 5.82 Å². The zero-order valence-corrected chi connectivity index (χ0v) is 15.2. The third-order valence-electron chi connectivity index (χ3n) is 4.14.